The second kappa shape index (κ2) is 4.71. The van der Waals surface area contributed by atoms with Crippen LogP contribution in [0, 0.1) is 0 Å². The molecule has 0 radical (unpaired) electrons. The molecule has 3 nitrogen and oxygen atoms in total. The maximum atomic E-state index is 11.5. The summed E-state index contributed by atoms with van der Waals surface area (Å²) in [5, 5.41) is 1.50. The molecule has 18 heavy (non-hydrogen) atoms. The first kappa shape index (κ1) is 13.1. The highest BCUT2D eigenvalue weighted by atomic mass is 32.2. The van der Waals surface area contributed by atoms with E-state index in [1.165, 1.54) is 0 Å². The summed E-state index contributed by atoms with van der Waals surface area (Å²) in [7, 11) is -4.19. The molecular formula is C14H16O3S. The number of hydrogen-bond donors (Lipinski definition) is 1. The molecule has 96 valence electrons. The predicted molar refractivity (Wildman–Crippen MR) is 72.5 cm³/mol. The molecule has 0 spiro atoms. The van der Waals surface area contributed by atoms with Gasteiger partial charge in [-0.3, -0.25) is 4.55 Å². The number of hydrogen-bond acceptors (Lipinski definition) is 2. The summed E-state index contributed by atoms with van der Waals surface area (Å²) in [5.41, 5.74) is 1.84. The molecule has 0 bridgehead atoms. The second-order valence-corrected chi connectivity index (χ2v) is 5.68. The minimum atomic E-state index is -4.19. The van der Waals surface area contributed by atoms with Crippen LogP contribution < -0.4 is 0 Å². The van der Waals surface area contributed by atoms with Gasteiger partial charge in [0.15, 0.2) is 0 Å². The summed E-state index contributed by atoms with van der Waals surface area (Å²) >= 11 is 0. The molecule has 0 aliphatic carbocycles. The lowest BCUT2D eigenvalue weighted by Gasteiger charge is -2.10. The van der Waals surface area contributed by atoms with E-state index >= 15 is 0 Å². The third-order valence-corrected chi connectivity index (χ3v) is 4.03. The molecule has 0 aliphatic heterocycles. The molecule has 2 aromatic rings. The van der Waals surface area contributed by atoms with E-state index in [-0.39, 0.29) is 4.90 Å². The molecule has 0 aromatic heterocycles. The lowest BCUT2D eigenvalue weighted by molar-refractivity contribution is 0.484. The molecule has 0 atom stereocenters. The van der Waals surface area contributed by atoms with Crippen molar-refractivity contribution >= 4 is 20.9 Å². The largest absolute Gasteiger partial charge is 0.295 e. The van der Waals surface area contributed by atoms with E-state index in [0.29, 0.717) is 5.39 Å². The lowest BCUT2D eigenvalue weighted by Crippen LogP contribution is -2.02. The van der Waals surface area contributed by atoms with Gasteiger partial charge in [-0.15, -0.1) is 0 Å². The maximum Gasteiger partial charge on any atom is 0.295 e. The fraction of sp³-hybridized carbons (Fsp3) is 0.286. The molecule has 0 unspecified atom stereocenters. The van der Waals surface area contributed by atoms with Crippen molar-refractivity contribution in [2.45, 2.75) is 31.6 Å². The first-order valence-electron chi connectivity index (χ1n) is 5.99. The van der Waals surface area contributed by atoms with E-state index < -0.39 is 10.1 Å². The van der Waals surface area contributed by atoms with E-state index in [2.05, 4.69) is 0 Å². The number of fused-ring (bicyclic) bond motifs is 1. The quantitative estimate of drug-likeness (QED) is 0.866. The average molecular weight is 264 g/mol. The smallest absolute Gasteiger partial charge is 0.282 e. The van der Waals surface area contributed by atoms with E-state index in [1.54, 1.807) is 6.07 Å². The molecule has 2 aromatic carbocycles. The molecule has 2 rings (SSSR count). The number of rotatable bonds is 3. The summed E-state index contributed by atoms with van der Waals surface area (Å²) in [4.78, 5) is 0.0225. The molecule has 0 fully saturated rings. The Bertz CT molecular complexity index is 687. The third kappa shape index (κ3) is 2.26. The van der Waals surface area contributed by atoms with Gasteiger partial charge in [-0.05, 0) is 35.4 Å². The monoisotopic (exact) mass is 264 g/mol. The standard InChI is InChI=1S/C14H16O3S/c1-3-10-8-12-7-5-6-11(4-2)14(12)13(9-10)18(15,16)17/h5-9H,3-4H2,1-2H3,(H,15,16,17). The van der Waals surface area contributed by atoms with Crippen molar-refractivity contribution in [3.8, 4) is 0 Å². The summed E-state index contributed by atoms with van der Waals surface area (Å²) < 4.78 is 32.5. The van der Waals surface area contributed by atoms with Gasteiger partial charge >= 0.3 is 0 Å². The van der Waals surface area contributed by atoms with Crippen LogP contribution in [0.2, 0.25) is 0 Å². The summed E-state index contributed by atoms with van der Waals surface area (Å²) in [5.74, 6) is 0. The molecule has 0 amide bonds. The van der Waals surface area contributed by atoms with Crippen LogP contribution in [0.25, 0.3) is 10.8 Å². The van der Waals surface area contributed by atoms with Gasteiger partial charge in [-0.2, -0.15) is 8.42 Å². The predicted octanol–water partition coefficient (Wildman–Crippen LogP) is 3.21. The molecular weight excluding hydrogens is 248 g/mol. The van der Waals surface area contributed by atoms with Gasteiger partial charge in [-0.25, -0.2) is 0 Å². The van der Waals surface area contributed by atoms with Gasteiger partial charge in [0.2, 0.25) is 0 Å². The van der Waals surface area contributed by atoms with Crippen molar-refractivity contribution in [1.29, 1.82) is 0 Å². The normalized spacial score (nSPS) is 11.9. The Hall–Kier alpha value is -1.39. The van der Waals surface area contributed by atoms with Crippen LogP contribution >= 0.6 is 0 Å². The van der Waals surface area contributed by atoms with Gasteiger partial charge in [0.25, 0.3) is 10.1 Å². The van der Waals surface area contributed by atoms with Crippen LogP contribution in [0.5, 0.6) is 0 Å². The van der Waals surface area contributed by atoms with Crippen molar-refractivity contribution in [1.82, 2.24) is 0 Å². The zero-order valence-electron chi connectivity index (χ0n) is 10.5. The molecule has 0 aliphatic rings. The van der Waals surface area contributed by atoms with Gasteiger partial charge in [0, 0.05) is 5.39 Å². The van der Waals surface area contributed by atoms with Crippen molar-refractivity contribution < 1.29 is 13.0 Å². The van der Waals surface area contributed by atoms with E-state index in [4.69, 9.17) is 0 Å². The fourth-order valence-electron chi connectivity index (χ4n) is 2.22. The molecule has 0 saturated heterocycles. The molecule has 0 saturated carbocycles. The molecule has 0 heterocycles. The van der Waals surface area contributed by atoms with Crippen molar-refractivity contribution in [3.63, 3.8) is 0 Å². The van der Waals surface area contributed by atoms with Crippen LogP contribution in [-0.2, 0) is 23.0 Å². The SMILES string of the molecule is CCc1cc(S(=O)(=O)O)c2c(CC)cccc2c1. The average Bonchev–Trinajstić information content (AvgIpc) is 2.35. The number of aryl methyl sites for hydroxylation is 2. The summed E-state index contributed by atoms with van der Waals surface area (Å²) in [6, 6.07) is 9.22. The number of benzene rings is 2. The Morgan fingerprint density at radius 2 is 1.83 bits per heavy atom. The minimum absolute atomic E-state index is 0.0225. The van der Waals surface area contributed by atoms with Gasteiger partial charge in [0.1, 0.15) is 4.90 Å². The van der Waals surface area contributed by atoms with Crippen LogP contribution in [0.15, 0.2) is 35.2 Å². The lowest BCUT2D eigenvalue weighted by atomic mass is 10.00. The second-order valence-electron chi connectivity index (χ2n) is 4.29. The van der Waals surface area contributed by atoms with Gasteiger partial charge in [-0.1, -0.05) is 38.1 Å². The Balaban J connectivity index is 2.96. The van der Waals surface area contributed by atoms with E-state index in [0.717, 1.165) is 29.4 Å². The Morgan fingerprint density at radius 1 is 1.11 bits per heavy atom. The Morgan fingerprint density at radius 3 is 2.39 bits per heavy atom. The van der Waals surface area contributed by atoms with Crippen molar-refractivity contribution in [2.24, 2.45) is 0 Å². The topological polar surface area (TPSA) is 54.4 Å². The molecule has 4 heteroatoms. The van der Waals surface area contributed by atoms with Gasteiger partial charge < -0.3 is 0 Å². The maximum absolute atomic E-state index is 11.5. The van der Waals surface area contributed by atoms with E-state index in [9.17, 15) is 13.0 Å². The highest BCUT2D eigenvalue weighted by Crippen LogP contribution is 2.28. The van der Waals surface area contributed by atoms with Gasteiger partial charge in [0.05, 0.1) is 0 Å². The summed E-state index contributed by atoms with van der Waals surface area (Å²) in [6.07, 6.45) is 1.46. The van der Waals surface area contributed by atoms with Crippen molar-refractivity contribution in [2.75, 3.05) is 0 Å². The fourth-order valence-corrected chi connectivity index (χ4v) is 3.03. The van der Waals surface area contributed by atoms with Crippen LogP contribution in [-0.4, -0.2) is 13.0 Å². The Labute approximate surface area is 107 Å². The first-order chi connectivity index (χ1) is 8.47. The van der Waals surface area contributed by atoms with E-state index in [1.807, 2.05) is 38.1 Å². The Kier molecular flexibility index (Phi) is 3.41. The van der Waals surface area contributed by atoms with Crippen LogP contribution in [0.1, 0.15) is 25.0 Å². The third-order valence-electron chi connectivity index (χ3n) is 3.15. The van der Waals surface area contributed by atoms with Crippen LogP contribution in [0.3, 0.4) is 0 Å². The minimum Gasteiger partial charge on any atom is -0.282 e. The first-order valence-corrected chi connectivity index (χ1v) is 7.43. The highest BCUT2D eigenvalue weighted by molar-refractivity contribution is 7.86. The zero-order valence-corrected chi connectivity index (χ0v) is 11.3. The van der Waals surface area contributed by atoms with Crippen molar-refractivity contribution in [3.05, 3.63) is 41.5 Å². The molecule has 1 N–H and O–H groups in total. The highest BCUT2D eigenvalue weighted by Gasteiger charge is 2.17. The summed E-state index contributed by atoms with van der Waals surface area (Å²) in [6.45, 7) is 3.93. The zero-order chi connectivity index (χ0) is 13.3. The van der Waals surface area contributed by atoms with Crippen LogP contribution in [0.4, 0.5) is 0 Å².